The largest absolute Gasteiger partial charge is 0.329 e. The second kappa shape index (κ2) is 3.09. The van der Waals surface area contributed by atoms with Gasteiger partial charge in [-0.25, -0.2) is 0 Å². The van der Waals surface area contributed by atoms with Gasteiger partial charge in [0.2, 0.25) is 0 Å². The number of ketones is 1. The minimum atomic E-state index is 0.0382. The van der Waals surface area contributed by atoms with E-state index in [2.05, 4.69) is 21.4 Å². The van der Waals surface area contributed by atoms with Crippen molar-refractivity contribution in [2.45, 2.75) is 6.92 Å². The fourth-order valence-electron chi connectivity index (χ4n) is 0.933. The predicted molar refractivity (Wildman–Crippen MR) is 47.4 cm³/mol. The Hall–Kier alpha value is -0.770. The summed E-state index contributed by atoms with van der Waals surface area (Å²) in [6.07, 6.45) is 1.79. The van der Waals surface area contributed by atoms with E-state index in [1.54, 1.807) is 17.9 Å². The summed E-state index contributed by atoms with van der Waals surface area (Å²) in [5, 5.41) is 0. The lowest BCUT2D eigenvalue weighted by Gasteiger charge is -2.04. The molecule has 0 bridgehead atoms. The van der Waals surface area contributed by atoms with Gasteiger partial charge in [0, 0.05) is 24.6 Å². The molecule has 0 amide bonds. The van der Waals surface area contributed by atoms with Crippen LogP contribution in [0.25, 0.3) is 0 Å². The van der Waals surface area contributed by atoms with Crippen LogP contribution in [0, 0.1) is 0 Å². The summed E-state index contributed by atoms with van der Waals surface area (Å²) >= 11 is 3.28. The monoisotopic (exact) mass is 216 g/mol. The molecule has 3 nitrogen and oxygen atoms in total. The summed E-state index contributed by atoms with van der Waals surface area (Å²) in [5.74, 6) is 0.0382. The second-order valence-corrected chi connectivity index (χ2v) is 3.02. The van der Waals surface area contributed by atoms with E-state index in [-0.39, 0.29) is 5.78 Å². The molecule has 1 N–H and O–H groups in total. The summed E-state index contributed by atoms with van der Waals surface area (Å²) in [4.78, 5) is 11.0. The number of halogens is 1. The lowest BCUT2D eigenvalue weighted by molar-refractivity contribution is 0.100. The third-order valence-corrected chi connectivity index (χ3v) is 2.05. The van der Waals surface area contributed by atoms with E-state index in [9.17, 15) is 4.79 Å². The van der Waals surface area contributed by atoms with Gasteiger partial charge in [0.25, 0.3) is 0 Å². The molecule has 0 aliphatic heterocycles. The lowest BCUT2D eigenvalue weighted by Crippen LogP contribution is -2.13. The third kappa shape index (κ3) is 1.45. The zero-order chi connectivity index (χ0) is 8.43. The third-order valence-electron chi connectivity index (χ3n) is 1.41. The van der Waals surface area contributed by atoms with Crippen LogP contribution in [0.15, 0.2) is 16.7 Å². The molecule has 0 saturated carbocycles. The molecule has 1 aromatic heterocycles. The van der Waals surface area contributed by atoms with Crippen LogP contribution in [0.1, 0.15) is 17.4 Å². The van der Waals surface area contributed by atoms with Crippen molar-refractivity contribution in [2.75, 3.05) is 12.5 Å². The molecule has 0 spiro atoms. The molecule has 4 heteroatoms. The summed E-state index contributed by atoms with van der Waals surface area (Å²) in [6.45, 7) is 1.54. The minimum absolute atomic E-state index is 0.0382. The van der Waals surface area contributed by atoms with Gasteiger partial charge < -0.3 is 5.43 Å². The van der Waals surface area contributed by atoms with Crippen molar-refractivity contribution in [3.05, 3.63) is 22.4 Å². The van der Waals surface area contributed by atoms with Crippen LogP contribution in [0.2, 0.25) is 0 Å². The van der Waals surface area contributed by atoms with Gasteiger partial charge in [0.05, 0.1) is 0 Å². The maximum Gasteiger partial charge on any atom is 0.179 e. The maximum atomic E-state index is 11.0. The van der Waals surface area contributed by atoms with E-state index >= 15 is 0 Å². The lowest BCUT2D eigenvalue weighted by atomic mass is 10.3. The summed E-state index contributed by atoms with van der Waals surface area (Å²) < 4.78 is 2.49. The van der Waals surface area contributed by atoms with Crippen LogP contribution >= 0.6 is 15.9 Å². The molecule has 0 atom stereocenters. The molecule has 60 valence electrons. The summed E-state index contributed by atoms with van der Waals surface area (Å²) in [7, 11) is 1.76. The molecule has 1 aromatic rings. The van der Waals surface area contributed by atoms with Crippen LogP contribution in [0.5, 0.6) is 0 Å². The average Bonchev–Trinajstić information content (AvgIpc) is 2.30. The van der Waals surface area contributed by atoms with Crippen molar-refractivity contribution in [3.63, 3.8) is 0 Å². The number of hydrogen-bond acceptors (Lipinski definition) is 2. The highest BCUT2D eigenvalue weighted by Crippen LogP contribution is 2.16. The van der Waals surface area contributed by atoms with Gasteiger partial charge in [0.15, 0.2) is 5.78 Å². The first-order chi connectivity index (χ1) is 5.16. The Kier molecular flexibility index (Phi) is 2.34. The fourth-order valence-corrected chi connectivity index (χ4v) is 1.52. The Morgan fingerprint density at radius 1 is 1.73 bits per heavy atom. The molecule has 0 radical (unpaired) electrons. The van der Waals surface area contributed by atoms with E-state index in [4.69, 9.17) is 0 Å². The van der Waals surface area contributed by atoms with Crippen molar-refractivity contribution >= 4 is 21.7 Å². The number of nitrogens with one attached hydrogen (secondary N) is 1. The molecule has 0 saturated heterocycles. The van der Waals surface area contributed by atoms with E-state index < -0.39 is 0 Å². The van der Waals surface area contributed by atoms with Gasteiger partial charge in [-0.05, 0) is 22.0 Å². The SMILES string of the molecule is CNn1ccc(Br)c1C(C)=O. The molecule has 0 aliphatic carbocycles. The maximum absolute atomic E-state index is 11.0. The highest BCUT2D eigenvalue weighted by atomic mass is 79.9. The molecule has 0 fully saturated rings. The fraction of sp³-hybridized carbons (Fsp3) is 0.286. The number of nitrogens with zero attached hydrogens (tertiary/aromatic N) is 1. The van der Waals surface area contributed by atoms with Crippen LogP contribution < -0.4 is 5.43 Å². The van der Waals surface area contributed by atoms with Gasteiger partial charge in [-0.15, -0.1) is 0 Å². The first-order valence-corrected chi connectivity index (χ1v) is 4.01. The average molecular weight is 217 g/mol. The van der Waals surface area contributed by atoms with Crippen molar-refractivity contribution < 1.29 is 4.79 Å². The molecular formula is C7H9BrN2O. The molecule has 1 heterocycles. The van der Waals surface area contributed by atoms with Crippen LogP contribution in [0.4, 0.5) is 0 Å². The van der Waals surface area contributed by atoms with Crippen molar-refractivity contribution in [2.24, 2.45) is 0 Å². The van der Waals surface area contributed by atoms with E-state index in [0.29, 0.717) is 5.69 Å². The number of aromatic nitrogens is 1. The van der Waals surface area contributed by atoms with Crippen molar-refractivity contribution in [3.8, 4) is 0 Å². The van der Waals surface area contributed by atoms with Crippen LogP contribution in [-0.4, -0.2) is 17.5 Å². The second-order valence-electron chi connectivity index (χ2n) is 2.16. The van der Waals surface area contributed by atoms with Crippen LogP contribution in [0.3, 0.4) is 0 Å². The number of carbonyl (C=O) groups excluding carboxylic acids is 1. The van der Waals surface area contributed by atoms with E-state index in [1.165, 1.54) is 6.92 Å². The van der Waals surface area contributed by atoms with Gasteiger partial charge in [-0.1, -0.05) is 0 Å². The summed E-state index contributed by atoms with van der Waals surface area (Å²) in [6, 6.07) is 1.83. The molecule has 0 aliphatic rings. The van der Waals surface area contributed by atoms with Gasteiger partial charge in [0.1, 0.15) is 5.69 Å². The van der Waals surface area contributed by atoms with Crippen LogP contribution in [-0.2, 0) is 0 Å². The Labute approximate surface area is 73.5 Å². The standard InChI is InChI=1S/C7H9BrN2O/c1-5(11)7-6(8)3-4-10(7)9-2/h3-4,9H,1-2H3. The normalized spacial score (nSPS) is 9.73. The summed E-state index contributed by atoms with van der Waals surface area (Å²) in [5.41, 5.74) is 3.51. The molecule has 11 heavy (non-hydrogen) atoms. The van der Waals surface area contributed by atoms with Gasteiger partial charge >= 0.3 is 0 Å². The first kappa shape index (κ1) is 8.33. The van der Waals surface area contributed by atoms with Gasteiger partial charge in [-0.2, -0.15) is 0 Å². The Bertz CT molecular complexity index is 280. The van der Waals surface area contributed by atoms with E-state index in [1.807, 2.05) is 6.07 Å². The number of hydrogen-bond donors (Lipinski definition) is 1. The Balaban J connectivity index is 3.17. The van der Waals surface area contributed by atoms with Crippen molar-refractivity contribution in [1.29, 1.82) is 0 Å². The van der Waals surface area contributed by atoms with E-state index in [0.717, 1.165) is 4.47 Å². The highest BCUT2D eigenvalue weighted by Gasteiger charge is 2.09. The first-order valence-electron chi connectivity index (χ1n) is 3.22. The Morgan fingerprint density at radius 3 is 2.73 bits per heavy atom. The number of Topliss-reactive ketones (excluding diaryl/α,β-unsaturated/α-hetero) is 1. The zero-order valence-corrected chi connectivity index (χ0v) is 7.97. The van der Waals surface area contributed by atoms with Gasteiger partial charge in [-0.3, -0.25) is 9.47 Å². The molecule has 0 unspecified atom stereocenters. The van der Waals surface area contributed by atoms with Crippen molar-refractivity contribution in [1.82, 2.24) is 4.68 Å². The predicted octanol–water partition coefficient (Wildman–Crippen LogP) is 1.63. The quantitative estimate of drug-likeness (QED) is 0.764. The Morgan fingerprint density at radius 2 is 2.36 bits per heavy atom. The molecule has 1 rings (SSSR count). The molecular weight excluding hydrogens is 208 g/mol. The zero-order valence-electron chi connectivity index (χ0n) is 6.39. The number of rotatable bonds is 2. The smallest absolute Gasteiger partial charge is 0.179 e. The topological polar surface area (TPSA) is 34.0 Å². The highest BCUT2D eigenvalue weighted by molar-refractivity contribution is 9.10. The minimum Gasteiger partial charge on any atom is -0.329 e. The molecule has 0 aromatic carbocycles. The number of carbonyl (C=O) groups is 1.